The summed E-state index contributed by atoms with van der Waals surface area (Å²) in [4.78, 5) is 12.9. The number of nitrogens with one attached hydrogen (secondary N) is 1. The van der Waals surface area contributed by atoms with E-state index in [4.69, 9.17) is 11.6 Å². The number of hydrogen-bond acceptors (Lipinski definition) is 2. The normalized spacial score (nSPS) is 18.0. The Labute approximate surface area is 176 Å². The Balaban J connectivity index is 1.93. The summed E-state index contributed by atoms with van der Waals surface area (Å²) in [6.07, 6.45) is 3.56. The van der Waals surface area contributed by atoms with Gasteiger partial charge in [-0.3, -0.25) is 4.79 Å². The number of halogens is 2. The van der Waals surface area contributed by atoms with Crippen molar-refractivity contribution in [1.29, 1.82) is 5.26 Å². The first kappa shape index (κ1) is 21.3. The molecule has 5 heteroatoms. The fourth-order valence-corrected chi connectivity index (χ4v) is 4.19. The average molecular weight is 413 g/mol. The highest BCUT2D eigenvalue weighted by Crippen LogP contribution is 2.44. The molecule has 29 heavy (non-hydrogen) atoms. The van der Waals surface area contributed by atoms with Gasteiger partial charge < -0.3 is 5.32 Å². The third-order valence-corrected chi connectivity index (χ3v) is 6.60. The summed E-state index contributed by atoms with van der Waals surface area (Å²) in [5.74, 6) is -0.0756. The second-order valence-electron chi connectivity index (χ2n) is 8.04. The van der Waals surface area contributed by atoms with E-state index in [0.717, 1.165) is 31.2 Å². The van der Waals surface area contributed by atoms with Crippen LogP contribution in [0.3, 0.4) is 0 Å². The molecule has 1 fully saturated rings. The fraction of sp³-hybridized carbons (Fsp3) is 0.417. The lowest BCUT2D eigenvalue weighted by Crippen LogP contribution is -2.54. The molecule has 1 N–H and O–H groups in total. The van der Waals surface area contributed by atoms with E-state index in [2.05, 4.69) is 11.4 Å². The second kappa shape index (κ2) is 8.55. The monoisotopic (exact) mass is 412 g/mol. The molecular weight excluding hydrogens is 387 g/mol. The number of carbonyl (C=O) groups is 1. The molecule has 0 aromatic heterocycles. The molecule has 2 aromatic rings. The summed E-state index contributed by atoms with van der Waals surface area (Å²) in [6, 6.07) is 14.9. The summed E-state index contributed by atoms with van der Waals surface area (Å²) in [7, 11) is 0. The quantitative estimate of drug-likeness (QED) is 0.633. The Bertz CT molecular complexity index is 912. The largest absolute Gasteiger partial charge is 0.350 e. The number of hydrogen-bond donors (Lipinski definition) is 1. The van der Waals surface area contributed by atoms with E-state index in [1.165, 1.54) is 0 Å². The molecule has 0 bridgehead atoms. The minimum Gasteiger partial charge on any atom is -0.350 e. The minimum absolute atomic E-state index is 0.0691. The van der Waals surface area contributed by atoms with Crippen LogP contribution in [0.15, 0.2) is 48.5 Å². The van der Waals surface area contributed by atoms with Gasteiger partial charge in [-0.05, 0) is 61.6 Å². The minimum atomic E-state index is -1.87. The number of carbonyl (C=O) groups excluding carboxylic acids is 1. The van der Waals surface area contributed by atoms with Crippen LogP contribution in [0.5, 0.6) is 0 Å². The van der Waals surface area contributed by atoms with Crippen LogP contribution < -0.4 is 5.32 Å². The van der Waals surface area contributed by atoms with Crippen molar-refractivity contribution >= 4 is 17.5 Å². The lowest BCUT2D eigenvalue weighted by Gasteiger charge is -2.42. The van der Waals surface area contributed by atoms with Crippen LogP contribution in [0.25, 0.3) is 0 Å². The zero-order chi connectivity index (χ0) is 21.1. The summed E-state index contributed by atoms with van der Waals surface area (Å²) < 4.78 is 16.6. The highest BCUT2D eigenvalue weighted by molar-refractivity contribution is 6.30. The molecule has 1 amide bonds. The molecule has 0 heterocycles. The topological polar surface area (TPSA) is 52.9 Å². The SMILES string of the molecule is CCC1(C(=O)N[C@@H](C)C(F)(Cc2ccc(Cl)cc2)c2cccc(C#N)c2)CCC1. The van der Waals surface area contributed by atoms with Gasteiger partial charge in [0.1, 0.15) is 0 Å². The van der Waals surface area contributed by atoms with Crippen LogP contribution in [0, 0.1) is 16.7 Å². The van der Waals surface area contributed by atoms with Crippen molar-refractivity contribution in [3.8, 4) is 6.07 Å². The Morgan fingerprint density at radius 2 is 2.00 bits per heavy atom. The molecule has 3 nitrogen and oxygen atoms in total. The lowest BCUT2D eigenvalue weighted by atomic mass is 9.66. The van der Waals surface area contributed by atoms with Crippen molar-refractivity contribution in [1.82, 2.24) is 5.32 Å². The van der Waals surface area contributed by atoms with Crippen LogP contribution >= 0.6 is 11.6 Å². The van der Waals surface area contributed by atoms with Gasteiger partial charge in [-0.2, -0.15) is 5.26 Å². The predicted molar refractivity (Wildman–Crippen MR) is 113 cm³/mol. The molecular formula is C24H26ClFN2O. The Morgan fingerprint density at radius 1 is 1.31 bits per heavy atom. The van der Waals surface area contributed by atoms with Crippen molar-refractivity contribution < 1.29 is 9.18 Å². The molecule has 0 aliphatic heterocycles. The van der Waals surface area contributed by atoms with Crippen molar-refractivity contribution in [2.45, 2.75) is 57.7 Å². The number of alkyl halides is 1. The smallest absolute Gasteiger partial charge is 0.226 e. The molecule has 0 saturated heterocycles. The van der Waals surface area contributed by atoms with E-state index in [1.54, 1.807) is 55.5 Å². The maximum atomic E-state index is 16.6. The third kappa shape index (κ3) is 4.31. The Morgan fingerprint density at radius 3 is 2.55 bits per heavy atom. The summed E-state index contributed by atoms with van der Waals surface area (Å²) in [5, 5.41) is 12.8. The molecule has 1 saturated carbocycles. The first-order valence-corrected chi connectivity index (χ1v) is 10.5. The molecule has 3 rings (SSSR count). The number of benzene rings is 2. The van der Waals surface area contributed by atoms with E-state index in [1.807, 2.05) is 6.92 Å². The van der Waals surface area contributed by atoms with Gasteiger partial charge in [0.05, 0.1) is 17.7 Å². The van der Waals surface area contributed by atoms with Gasteiger partial charge in [-0.15, -0.1) is 0 Å². The number of nitrogens with zero attached hydrogens (tertiary/aromatic N) is 1. The Kier molecular flexibility index (Phi) is 6.29. The first-order valence-electron chi connectivity index (χ1n) is 10.1. The maximum Gasteiger partial charge on any atom is 0.226 e. The van der Waals surface area contributed by atoms with Crippen molar-refractivity contribution in [3.05, 3.63) is 70.2 Å². The van der Waals surface area contributed by atoms with Gasteiger partial charge >= 0.3 is 0 Å². The molecule has 0 radical (unpaired) electrons. The van der Waals surface area contributed by atoms with E-state index < -0.39 is 11.7 Å². The highest BCUT2D eigenvalue weighted by Gasteiger charge is 2.46. The van der Waals surface area contributed by atoms with Crippen LogP contribution in [0.4, 0.5) is 4.39 Å². The third-order valence-electron chi connectivity index (χ3n) is 6.35. The zero-order valence-corrected chi connectivity index (χ0v) is 17.6. The van der Waals surface area contributed by atoms with E-state index >= 15 is 4.39 Å². The zero-order valence-electron chi connectivity index (χ0n) is 16.8. The summed E-state index contributed by atoms with van der Waals surface area (Å²) in [5.41, 5.74) is -0.685. The second-order valence-corrected chi connectivity index (χ2v) is 8.48. The lowest BCUT2D eigenvalue weighted by molar-refractivity contribution is -0.138. The Hall–Kier alpha value is -2.38. The first-order chi connectivity index (χ1) is 13.8. The van der Waals surface area contributed by atoms with Crippen LogP contribution in [-0.4, -0.2) is 11.9 Å². The fourth-order valence-electron chi connectivity index (χ4n) is 4.06. The number of amides is 1. The van der Waals surface area contributed by atoms with Gasteiger partial charge in [0.15, 0.2) is 5.67 Å². The average Bonchev–Trinajstić information content (AvgIpc) is 2.69. The standard InChI is InChI=1S/C24H26ClFN2O/c1-3-23(12-5-13-23)22(29)28-17(2)24(26,15-18-8-10-21(25)11-9-18)20-7-4-6-19(14-20)16-27/h4,6-11,14,17H,3,5,12-13,15H2,1-2H3,(H,28,29)/t17-,24?/m0/s1. The van der Waals surface area contributed by atoms with Crippen LogP contribution in [0.2, 0.25) is 5.02 Å². The molecule has 0 spiro atoms. The van der Waals surface area contributed by atoms with E-state index in [-0.39, 0.29) is 17.7 Å². The van der Waals surface area contributed by atoms with Gasteiger partial charge in [0, 0.05) is 16.9 Å². The molecule has 1 aliphatic rings. The van der Waals surface area contributed by atoms with E-state index in [9.17, 15) is 10.1 Å². The van der Waals surface area contributed by atoms with Crippen LogP contribution in [-0.2, 0) is 16.9 Å². The highest BCUT2D eigenvalue weighted by atomic mass is 35.5. The van der Waals surface area contributed by atoms with Gasteiger partial charge in [0.25, 0.3) is 0 Å². The van der Waals surface area contributed by atoms with Crippen LogP contribution in [0.1, 0.15) is 56.2 Å². The van der Waals surface area contributed by atoms with Crippen molar-refractivity contribution in [2.75, 3.05) is 0 Å². The molecule has 1 unspecified atom stereocenters. The summed E-state index contributed by atoms with van der Waals surface area (Å²) in [6.45, 7) is 3.71. The maximum absolute atomic E-state index is 16.6. The van der Waals surface area contributed by atoms with Gasteiger partial charge in [0.2, 0.25) is 5.91 Å². The molecule has 2 aromatic carbocycles. The molecule has 2 atom stereocenters. The van der Waals surface area contributed by atoms with E-state index in [0.29, 0.717) is 16.1 Å². The van der Waals surface area contributed by atoms with Gasteiger partial charge in [-0.25, -0.2) is 4.39 Å². The predicted octanol–water partition coefficient (Wildman–Crippen LogP) is 5.70. The van der Waals surface area contributed by atoms with Crippen molar-refractivity contribution in [2.24, 2.45) is 5.41 Å². The number of nitriles is 1. The molecule has 152 valence electrons. The van der Waals surface area contributed by atoms with Gasteiger partial charge in [-0.1, -0.05) is 49.2 Å². The molecule has 1 aliphatic carbocycles. The number of rotatable bonds is 7. The summed E-state index contributed by atoms with van der Waals surface area (Å²) >= 11 is 5.97. The van der Waals surface area contributed by atoms with Crippen molar-refractivity contribution in [3.63, 3.8) is 0 Å².